The quantitative estimate of drug-likeness (QED) is 0.282. The Bertz CT molecular complexity index is 1310. The van der Waals surface area contributed by atoms with Crippen LogP contribution in [0.25, 0.3) is 0 Å². The lowest BCUT2D eigenvalue weighted by Gasteiger charge is -2.22. The molecule has 0 atom stereocenters. The monoisotopic (exact) mass is 549 g/mol. The minimum Gasteiger partial charge on any atom is -0.493 e. The van der Waals surface area contributed by atoms with Crippen LogP contribution in [0.2, 0.25) is 10.0 Å². The number of sulfonamides is 1. The molecule has 11 heteroatoms. The Hall–Kier alpha value is -3.11. The highest BCUT2D eigenvalue weighted by Gasteiger charge is 2.27. The molecule has 0 unspecified atom stereocenters. The first-order valence-corrected chi connectivity index (χ1v) is 13.0. The van der Waals surface area contributed by atoms with E-state index < -0.39 is 22.5 Å². The highest BCUT2D eigenvalue weighted by molar-refractivity contribution is 7.89. The molecule has 3 aromatic carbocycles. The first-order valence-electron chi connectivity index (χ1n) is 10.8. The van der Waals surface area contributed by atoms with Crippen molar-refractivity contribution in [1.82, 2.24) is 9.73 Å². The van der Waals surface area contributed by atoms with E-state index in [0.29, 0.717) is 27.8 Å². The van der Waals surface area contributed by atoms with Gasteiger partial charge >= 0.3 is 0 Å². The third-order valence-electron chi connectivity index (χ3n) is 5.19. The molecule has 0 spiro atoms. The minimum atomic E-state index is -4.07. The highest BCUT2D eigenvalue weighted by Crippen LogP contribution is 2.30. The van der Waals surface area contributed by atoms with Gasteiger partial charge in [-0.05, 0) is 36.2 Å². The van der Waals surface area contributed by atoms with Crippen LogP contribution in [0, 0.1) is 0 Å². The molecular weight excluding hydrogens is 525 g/mol. The van der Waals surface area contributed by atoms with Gasteiger partial charge in [0, 0.05) is 18.2 Å². The largest absolute Gasteiger partial charge is 0.493 e. The Balaban J connectivity index is 1.82. The molecule has 0 fully saturated rings. The summed E-state index contributed by atoms with van der Waals surface area (Å²) in [6.45, 7) is -0.398. The molecule has 1 N–H and O–H groups in total. The summed E-state index contributed by atoms with van der Waals surface area (Å²) in [6.07, 6.45) is 1.71. The Morgan fingerprint density at radius 2 is 1.64 bits per heavy atom. The van der Waals surface area contributed by atoms with Gasteiger partial charge in [0.1, 0.15) is 0 Å². The van der Waals surface area contributed by atoms with E-state index in [-0.39, 0.29) is 17.2 Å². The molecule has 1 amide bonds. The Morgan fingerprint density at radius 3 is 2.28 bits per heavy atom. The molecular formula is C25H25Cl2N3O5S. The maximum atomic E-state index is 13.5. The van der Waals surface area contributed by atoms with Gasteiger partial charge in [0.05, 0.1) is 41.9 Å². The van der Waals surface area contributed by atoms with Crippen LogP contribution in [-0.2, 0) is 21.2 Å². The fourth-order valence-corrected chi connectivity index (χ4v) is 5.22. The van der Waals surface area contributed by atoms with Crippen molar-refractivity contribution in [2.45, 2.75) is 11.3 Å². The van der Waals surface area contributed by atoms with Gasteiger partial charge in [-0.15, -0.1) is 0 Å². The zero-order chi connectivity index (χ0) is 26.1. The molecule has 0 bridgehead atoms. The molecule has 3 rings (SSSR count). The zero-order valence-corrected chi connectivity index (χ0v) is 22.0. The third kappa shape index (κ3) is 6.98. The molecule has 36 heavy (non-hydrogen) atoms. The van der Waals surface area contributed by atoms with Crippen LogP contribution in [0.1, 0.15) is 11.1 Å². The summed E-state index contributed by atoms with van der Waals surface area (Å²) < 4.78 is 38.6. The average molecular weight is 550 g/mol. The van der Waals surface area contributed by atoms with Crippen molar-refractivity contribution in [3.05, 3.63) is 87.9 Å². The number of rotatable bonds is 11. The van der Waals surface area contributed by atoms with Crippen molar-refractivity contribution in [3.63, 3.8) is 0 Å². The van der Waals surface area contributed by atoms with Gasteiger partial charge in [0.25, 0.3) is 5.91 Å². The zero-order valence-electron chi connectivity index (χ0n) is 19.6. The van der Waals surface area contributed by atoms with E-state index in [0.717, 1.165) is 9.87 Å². The Morgan fingerprint density at radius 1 is 0.972 bits per heavy atom. The summed E-state index contributed by atoms with van der Waals surface area (Å²) in [4.78, 5) is 12.6. The van der Waals surface area contributed by atoms with E-state index in [9.17, 15) is 13.2 Å². The van der Waals surface area contributed by atoms with E-state index in [1.54, 1.807) is 18.2 Å². The van der Waals surface area contributed by atoms with Gasteiger partial charge in [0.15, 0.2) is 11.5 Å². The van der Waals surface area contributed by atoms with Gasteiger partial charge in [-0.3, -0.25) is 4.79 Å². The number of hydrazone groups is 1. The molecule has 0 radical (unpaired) electrons. The first kappa shape index (κ1) is 27.5. The number of nitrogens with one attached hydrogen (secondary N) is 1. The number of hydrogen-bond donors (Lipinski definition) is 1. The van der Waals surface area contributed by atoms with Crippen LogP contribution >= 0.6 is 23.2 Å². The number of benzene rings is 3. The van der Waals surface area contributed by atoms with Crippen molar-refractivity contribution >= 4 is 45.3 Å². The Labute approximate surface area is 220 Å². The van der Waals surface area contributed by atoms with Gasteiger partial charge in [-0.2, -0.15) is 9.41 Å². The molecule has 8 nitrogen and oxygen atoms in total. The van der Waals surface area contributed by atoms with Gasteiger partial charge < -0.3 is 9.47 Å². The summed E-state index contributed by atoms with van der Waals surface area (Å²) in [7, 11) is -1.20. The first-order chi connectivity index (χ1) is 17.3. The smallest absolute Gasteiger partial charge is 0.255 e. The molecule has 0 aliphatic rings. The lowest BCUT2D eigenvalue weighted by Crippen LogP contribution is -2.40. The number of nitrogens with zero attached hydrogens (tertiary/aromatic N) is 2. The summed E-state index contributed by atoms with van der Waals surface area (Å²) in [5.74, 6) is 0.0105. The van der Waals surface area contributed by atoms with Crippen molar-refractivity contribution in [1.29, 1.82) is 0 Å². The third-order valence-corrected chi connectivity index (χ3v) is 7.69. The molecule has 0 aromatic heterocycles. The number of carbonyl (C=O) groups is 1. The van der Waals surface area contributed by atoms with E-state index >= 15 is 0 Å². The van der Waals surface area contributed by atoms with Crippen molar-refractivity contribution in [2.24, 2.45) is 5.10 Å². The van der Waals surface area contributed by atoms with Gasteiger partial charge in [-0.1, -0.05) is 59.6 Å². The van der Waals surface area contributed by atoms with Crippen LogP contribution in [0.5, 0.6) is 11.5 Å². The SMILES string of the molecule is COc1ccc(S(=O)(=O)N(CCc2ccccc2)CC(=O)N/N=C/c2c(Cl)cccc2Cl)cc1OC. The summed E-state index contributed by atoms with van der Waals surface area (Å²) in [5, 5.41) is 4.61. The molecule has 0 saturated carbocycles. The van der Waals surface area contributed by atoms with Crippen molar-refractivity contribution in [2.75, 3.05) is 27.3 Å². The van der Waals surface area contributed by atoms with Crippen LogP contribution in [0.4, 0.5) is 0 Å². The molecule has 0 aliphatic carbocycles. The van der Waals surface area contributed by atoms with Gasteiger partial charge in [-0.25, -0.2) is 13.8 Å². The van der Waals surface area contributed by atoms with Crippen molar-refractivity contribution < 1.29 is 22.7 Å². The second kappa shape index (κ2) is 12.7. The number of hydrogen-bond acceptors (Lipinski definition) is 6. The minimum absolute atomic E-state index is 0.0348. The summed E-state index contributed by atoms with van der Waals surface area (Å²) in [6, 6.07) is 18.6. The van der Waals surface area contributed by atoms with E-state index in [2.05, 4.69) is 10.5 Å². The predicted molar refractivity (Wildman–Crippen MR) is 141 cm³/mol. The van der Waals surface area contributed by atoms with Crippen LogP contribution in [0.3, 0.4) is 0 Å². The molecule has 190 valence electrons. The molecule has 0 aliphatic heterocycles. The average Bonchev–Trinajstić information content (AvgIpc) is 2.88. The lowest BCUT2D eigenvalue weighted by molar-refractivity contribution is -0.121. The summed E-state index contributed by atoms with van der Waals surface area (Å²) >= 11 is 12.2. The van der Waals surface area contributed by atoms with E-state index in [4.69, 9.17) is 32.7 Å². The topological polar surface area (TPSA) is 97.3 Å². The van der Waals surface area contributed by atoms with Crippen LogP contribution < -0.4 is 14.9 Å². The standard InChI is InChI=1S/C25H25Cl2N3O5S/c1-34-23-12-11-19(15-24(23)35-2)36(32,33)30(14-13-18-7-4-3-5-8-18)17-25(31)29-28-16-20-21(26)9-6-10-22(20)27/h3-12,15-16H,13-14,17H2,1-2H3,(H,29,31)/b28-16+. The molecule has 3 aromatic rings. The van der Waals surface area contributed by atoms with Crippen LogP contribution in [-0.4, -0.2) is 52.2 Å². The summed E-state index contributed by atoms with van der Waals surface area (Å²) in [5.41, 5.74) is 3.70. The molecule has 0 heterocycles. The number of amides is 1. The lowest BCUT2D eigenvalue weighted by atomic mass is 10.1. The Kier molecular flexibility index (Phi) is 9.72. The fourth-order valence-electron chi connectivity index (χ4n) is 3.31. The normalized spacial score (nSPS) is 11.6. The maximum absolute atomic E-state index is 13.5. The van der Waals surface area contributed by atoms with Crippen molar-refractivity contribution in [3.8, 4) is 11.5 Å². The van der Waals surface area contributed by atoms with E-state index in [1.165, 1.54) is 38.6 Å². The maximum Gasteiger partial charge on any atom is 0.255 e. The van der Waals surface area contributed by atoms with E-state index in [1.807, 2.05) is 30.3 Å². The predicted octanol–water partition coefficient (Wildman–Crippen LogP) is 4.39. The van der Waals surface area contributed by atoms with Gasteiger partial charge in [0.2, 0.25) is 10.0 Å². The second-order valence-corrected chi connectivity index (χ2v) is 10.3. The molecule has 0 saturated heterocycles. The highest BCUT2D eigenvalue weighted by atomic mass is 35.5. The fraction of sp³-hybridized carbons (Fsp3) is 0.200. The van der Waals surface area contributed by atoms with Crippen LogP contribution in [0.15, 0.2) is 76.7 Å². The number of methoxy groups -OCH3 is 2. The number of halogens is 2. The number of ether oxygens (including phenoxy) is 2. The number of carbonyl (C=O) groups excluding carboxylic acids is 1. The second-order valence-electron chi connectivity index (χ2n) is 7.52.